The van der Waals surface area contributed by atoms with Crippen LogP contribution in [0.5, 0.6) is 0 Å². The second-order valence-electron chi connectivity index (χ2n) is 6.84. The highest BCUT2D eigenvalue weighted by Crippen LogP contribution is 2.32. The van der Waals surface area contributed by atoms with Gasteiger partial charge in [-0.1, -0.05) is 0 Å². The summed E-state index contributed by atoms with van der Waals surface area (Å²) in [6.07, 6.45) is -3.53. The van der Waals surface area contributed by atoms with Crippen molar-refractivity contribution in [1.82, 2.24) is 4.90 Å². The predicted octanol–water partition coefficient (Wildman–Crippen LogP) is 2.65. The molecular formula is C17H19F4NO4S. The van der Waals surface area contributed by atoms with Gasteiger partial charge in [-0.05, 0) is 37.5 Å². The molecule has 0 spiro atoms. The molecule has 2 aliphatic rings. The molecule has 150 valence electrons. The quantitative estimate of drug-likeness (QED) is 0.718. The monoisotopic (exact) mass is 409 g/mol. The van der Waals surface area contributed by atoms with E-state index in [2.05, 4.69) is 0 Å². The molecule has 5 nitrogen and oxygen atoms in total. The first kappa shape index (κ1) is 20.1. The summed E-state index contributed by atoms with van der Waals surface area (Å²) in [5.74, 6) is -2.53. The summed E-state index contributed by atoms with van der Waals surface area (Å²) in [5.41, 5.74) is -1.85. The van der Waals surface area contributed by atoms with Crippen LogP contribution in [0, 0.1) is 5.82 Å². The van der Waals surface area contributed by atoms with Gasteiger partial charge in [-0.3, -0.25) is 4.79 Å². The van der Waals surface area contributed by atoms with Crippen molar-refractivity contribution in [2.45, 2.75) is 37.6 Å². The SMILES string of the molecule is O=C(c1ccc(F)c(C(F)(F)F)c1)N(C[C@@H]1CCCO1)[C@@H]1CCS(=O)(=O)C1. The largest absolute Gasteiger partial charge is 0.419 e. The zero-order chi connectivity index (χ0) is 19.8. The minimum atomic E-state index is -4.93. The standard InChI is InChI=1S/C17H19F4NO4S/c18-15-4-3-11(8-14(15)17(19,20)21)16(23)22(9-13-2-1-6-26-13)12-5-7-27(24,25)10-12/h3-4,8,12-13H,1-2,5-7,9-10H2/t12-,13+/m1/s1. The third kappa shape index (κ3) is 4.60. The molecule has 0 bridgehead atoms. The summed E-state index contributed by atoms with van der Waals surface area (Å²) in [7, 11) is -3.30. The zero-order valence-corrected chi connectivity index (χ0v) is 15.2. The fraction of sp³-hybridized carbons (Fsp3) is 0.588. The van der Waals surface area contributed by atoms with Gasteiger partial charge in [0, 0.05) is 24.8 Å². The fourth-order valence-corrected chi connectivity index (χ4v) is 5.20. The van der Waals surface area contributed by atoms with Crippen LogP contribution < -0.4 is 0 Å². The van der Waals surface area contributed by atoms with E-state index in [0.717, 1.165) is 12.5 Å². The summed E-state index contributed by atoms with van der Waals surface area (Å²) >= 11 is 0. The molecule has 2 atom stereocenters. The Labute approximate surface area is 154 Å². The van der Waals surface area contributed by atoms with Gasteiger partial charge in [0.1, 0.15) is 5.82 Å². The number of ether oxygens (including phenoxy) is 1. The first-order chi connectivity index (χ1) is 12.6. The summed E-state index contributed by atoms with van der Waals surface area (Å²) in [6.45, 7) is 0.613. The predicted molar refractivity (Wildman–Crippen MR) is 88.5 cm³/mol. The highest BCUT2D eigenvalue weighted by Gasteiger charge is 2.38. The van der Waals surface area contributed by atoms with Gasteiger partial charge in [-0.2, -0.15) is 13.2 Å². The van der Waals surface area contributed by atoms with E-state index in [-0.39, 0.29) is 36.1 Å². The van der Waals surface area contributed by atoms with Crippen LogP contribution in [0.15, 0.2) is 18.2 Å². The van der Waals surface area contributed by atoms with Crippen molar-refractivity contribution in [1.29, 1.82) is 0 Å². The van der Waals surface area contributed by atoms with Crippen molar-refractivity contribution in [2.24, 2.45) is 0 Å². The molecule has 1 aromatic rings. The van der Waals surface area contributed by atoms with Gasteiger partial charge in [0.05, 0.1) is 23.2 Å². The molecule has 2 saturated heterocycles. The second-order valence-corrected chi connectivity index (χ2v) is 9.07. The van der Waals surface area contributed by atoms with Crippen LogP contribution in [0.25, 0.3) is 0 Å². The number of carbonyl (C=O) groups excluding carboxylic acids is 1. The lowest BCUT2D eigenvalue weighted by atomic mass is 10.1. The van der Waals surface area contributed by atoms with Crippen molar-refractivity contribution in [3.05, 3.63) is 35.1 Å². The molecule has 10 heteroatoms. The van der Waals surface area contributed by atoms with Gasteiger partial charge < -0.3 is 9.64 Å². The number of nitrogens with zero attached hydrogens (tertiary/aromatic N) is 1. The number of rotatable bonds is 4. The van der Waals surface area contributed by atoms with E-state index < -0.39 is 39.3 Å². The molecule has 0 saturated carbocycles. The normalized spacial score (nSPS) is 24.9. The number of hydrogen-bond donors (Lipinski definition) is 0. The maximum absolute atomic E-state index is 13.5. The Morgan fingerprint density at radius 1 is 1.26 bits per heavy atom. The molecule has 2 fully saturated rings. The molecule has 0 radical (unpaired) electrons. The van der Waals surface area contributed by atoms with Crippen LogP contribution in [0.1, 0.15) is 35.2 Å². The van der Waals surface area contributed by atoms with Crippen LogP contribution in [-0.4, -0.2) is 56.0 Å². The van der Waals surface area contributed by atoms with E-state index in [4.69, 9.17) is 4.74 Å². The Morgan fingerprint density at radius 2 is 2.00 bits per heavy atom. The maximum Gasteiger partial charge on any atom is 0.419 e. The minimum absolute atomic E-state index is 0.0792. The molecule has 0 unspecified atom stereocenters. The van der Waals surface area contributed by atoms with Crippen molar-refractivity contribution in [3.63, 3.8) is 0 Å². The molecular weight excluding hydrogens is 390 g/mol. The summed E-state index contributed by atoms with van der Waals surface area (Å²) < 4.78 is 81.5. The van der Waals surface area contributed by atoms with E-state index in [1.54, 1.807) is 0 Å². The average molecular weight is 409 g/mol. The van der Waals surface area contributed by atoms with E-state index >= 15 is 0 Å². The van der Waals surface area contributed by atoms with Crippen molar-refractivity contribution >= 4 is 15.7 Å². The Kier molecular flexibility index (Phi) is 5.49. The fourth-order valence-electron chi connectivity index (χ4n) is 3.47. The van der Waals surface area contributed by atoms with Gasteiger partial charge in [-0.15, -0.1) is 0 Å². The van der Waals surface area contributed by atoms with Crippen LogP contribution >= 0.6 is 0 Å². The van der Waals surface area contributed by atoms with Gasteiger partial charge >= 0.3 is 6.18 Å². The molecule has 0 N–H and O–H groups in total. The van der Waals surface area contributed by atoms with Crippen molar-refractivity contribution in [3.8, 4) is 0 Å². The highest BCUT2D eigenvalue weighted by molar-refractivity contribution is 7.91. The first-order valence-electron chi connectivity index (χ1n) is 8.56. The first-order valence-corrected chi connectivity index (χ1v) is 10.4. The lowest BCUT2D eigenvalue weighted by molar-refractivity contribution is -0.140. The molecule has 0 aliphatic carbocycles. The van der Waals surface area contributed by atoms with Gasteiger partial charge in [-0.25, -0.2) is 12.8 Å². The van der Waals surface area contributed by atoms with Gasteiger partial charge in [0.25, 0.3) is 5.91 Å². The van der Waals surface area contributed by atoms with E-state index in [9.17, 15) is 30.8 Å². The summed E-state index contributed by atoms with van der Waals surface area (Å²) in [4.78, 5) is 14.2. The van der Waals surface area contributed by atoms with Crippen molar-refractivity contribution < 1.29 is 35.5 Å². The molecule has 2 aliphatic heterocycles. The van der Waals surface area contributed by atoms with Crippen LogP contribution in [0.4, 0.5) is 17.6 Å². The number of alkyl halides is 3. The number of sulfone groups is 1. The molecule has 1 aromatic carbocycles. The second kappa shape index (κ2) is 7.38. The number of amides is 1. The highest BCUT2D eigenvalue weighted by atomic mass is 32.2. The van der Waals surface area contributed by atoms with Gasteiger partial charge in [0.15, 0.2) is 9.84 Å². The number of benzene rings is 1. The van der Waals surface area contributed by atoms with Crippen LogP contribution in [-0.2, 0) is 20.8 Å². The lowest BCUT2D eigenvalue weighted by Crippen LogP contribution is -2.45. The maximum atomic E-state index is 13.5. The Morgan fingerprint density at radius 3 is 2.56 bits per heavy atom. The summed E-state index contributed by atoms with van der Waals surface area (Å²) in [6, 6.07) is 1.43. The number of halogens is 4. The van der Waals surface area contributed by atoms with Crippen molar-refractivity contribution in [2.75, 3.05) is 24.7 Å². The third-order valence-corrected chi connectivity index (χ3v) is 6.60. The zero-order valence-electron chi connectivity index (χ0n) is 14.3. The summed E-state index contributed by atoms with van der Waals surface area (Å²) in [5, 5.41) is 0. The van der Waals surface area contributed by atoms with Gasteiger partial charge in [0.2, 0.25) is 0 Å². The Hall–Kier alpha value is -1.68. The van der Waals surface area contributed by atoms with E-state index in [1.165, 1.54) is 4.90 Å². The molecule has 1 amide bonds. The average Bonchev–Trinajstić information content (AvgIpc) is 3.20. The lowest BCUT2D eigenvalue weighted by Gasteiger charge is -2.30. The van der Waals surface area contributed by atoms with Crippen LogP contribution in [0.2, 0.25) is 0 Å². The minimum Gasteiger partial charge on any atom is -0.376 e. The topological polar surface area (TPSA) is 63.7 Å². The molecule has 27 heavy (non-hydrogen) atoms. The van der Waals surface area contributed by atoms with Crippen LogP contribution in [0.3, 0.4) is 0 Å². The van der Waals surface area contributed by atoms with E-state index in [1.807, 2.05) is 0 Å². The smallest absolute Gasteiger partial charge is 0.376 e. The molecule has 3 rings (SSSR count). The van der Waals surface area contributed by atoms with E-state index in [0.29, 0.717) is 25.2 Å². The third-order valence-electron chi connectivity index (χ3n) is 4.85. The number of hydrogen-bond acceptors (Lipinski definition) is 4. The Bertz CT molecular complexity index is 819. The molecule has 2 heterocycles. The Balaban J connectivity index is 1.90. The molecule has 0 aromatic heterocycles. The number of carbonyl (C=O) groups is 1.